The lowest BCUT2D eigenvalue weighted by molar-refractivity contribution is -0.123. The Morgan fingerprint density at radius 3 is 2.65 bits per heavy atom. The molecule has 0 radical (unpaired) electrons. The lowest BCUT2D eigenvalue weighted by Gasteiger charge is -2.11. The van der Waals surface area contributed by atoms with Crippen LogP contribution in [-0.4, -0.2) is 30.1 Å². The standard InChI is InChI=1S/C14H19N3O3/c1-14(6-7-14)9-16-12(18)8-20-11-4-2-10(3-5-11)13(15)17-19/h2-5,19H,6-9H2,1H3,(H2,15,17)(H,16,18). The highest BCUT2D eigenvalue weighted by Gasteiger charge is 2.37. The average molecular weight is 277 g/mol. The molecule has 1 aliphatic carbocycles. The molecule has 1 saturated carbocycles. The number of ether oxygens (including phenoxy) is 1. The first-order valence-electron chi connectivity index (χ1n) is 6.50. The van der Waals surface area contributed by atoms with Gasteiger partial charge >= 0.3 is 0 Å². The Labute approximate surface area is 117 Å². The smallest absolute Gasteiger partial charge is 0.257 e. The van der Waals surface area contributed by atoms with E-state index in [1.807, 2.05) is 0 Å². The predicted molar refractivity (Wildman–Crippen MR) is 74.8 cm³/mol. The number of hydrogen-bond donors (Lipinski definition) is 3. The van der Waals surface area contributed by atoms with Crippen molar-refractivity contribution in [3.8, 4) is 5.75 Å². The monoisotopic (exact) mass is 277 g/mol. The molecule has 20 heavy (non-hydrogen) atoms. The van der Waals surface area contributed by atoms with Gasteiger partial charge in [-0.25, -0.2) is 0 Å². The van der Waals surface area contributed by atoms with Crippen molar-refractivity contribution in [3.63, 3.8) is 0 Å². The molecule has 0 spiro atoms. The summed E-state index contributed by atoms with van der Waals surface area (Å²) in [5, 5.41) is 14.3. The molecule has 0 unspecified atom stereocenters. The average Bonchev–Trinajstić information content (AvgIpc) is 3.21. The molecule has 1 amide bonds. The molecular formula is C14H19N3O3. The number of amides is 1. The fourth-order valence-electron chi connectivity index (χ4n) is 1.68. The number of hydrogen-bond acceptors (Lipinski definition) is 4. The van der Waals surface area contributed by atoms with Crippen molar-refractivity contribution in [3.05, 3.63) is 29.8 Å². The maximum absolute atomic E-state index is 11.6. The molecule has 6 heteroatoms. The summed E-state index contributed by atoms with van der Waals surface area (Å²) in [5.41, 5.74) is 6.33. The van der Waals surface area contributed by atoms with Crippen LogP contribution in [0, 0.1) is 5.41 Å². The van der Waals surface area contributed by atoms with Crippen molar-refractivity contribution in [1.29, 1.82) is 0 Å². The van der Waals surface area contributed by atoms with Crippen LogP contribution in [0.25, 0.3) is 0 Å². The quantitative estimate of drug-likeness (QED) is 0.314. The molecule has 4 N–H and O–H groups in total. The van der Waals surface area contributed by atoms with E-state index >= 15 is 0 Å². The molecule has 0 aliphatic heterocycles. The van der Waals surface area contributed by atoms with E-state index in [0.717, 1.165) is 0 Å². The van der Waals surface area contributed by atoms with Crippen LogP contribution < -0.4 is 15.8 Å². The van der Waals surface area contributed by atoms with Gasteiger partial charge in [0.1, 0.15) is 5.75 Å². The molecule has 2 rings (SSSR count). The highest BCUT2D eigenvalue weighted by molar-refractivity contribution is 5.97. The molecule has 0 aromatic heterocycles. The first kappa shape index (κ1) is 14.2. The van der Waals surface area contributed by atoms with Crippen molar-refractivity contribution in [2.24, 2.45) is 16.3 Å². The number of oxime groups is 1. The van der Waals surface area contributed by atoms with Gasteiger partial charge in [0.2, 0.25) is 0 Å². The van der Waals surface area contributed by atoms with Crippen LogP contribution in [0.2, 0.25) is 0 Å². The van der Waals surface area contributed by atoms with Crippen molar-refractivity contribution in [2.45, 2.75) is 19.8 Å². The van der Waals surface area contributed by atoms with E-state index in [9.17, 15) is 4.79 Å². The second kappa shape index (κ2) is 5.81. The molecule has 6 nitrogen and oxygen atoms in total. The van der Waals surface area contributed by atoms with Crippen LogP contribution in [0.15, 0.2) is 29.4 Å². The number of amidine groups is 1. The summed E-state index contributed by atoms with van der Waals surface area (Å²) in [6.07, 6.45) is 2.34. The third-order valence-corrected chi connectivity index (χ3v) is 3.44. The van der Waals surface area contributed by atoms with Crippen LogP contribution in [0.3, 0.4) is 0 Å². The molecule has 1 aliphatic rings. The number of nitrogens with two attached hydrogens (primary N) is 1. The van der Waals surface area contributed by atoms with E-state index in [0.29, 0.717) is 23.3 Å². The third-order valence-electron chi connectivity index (χ3n) is 3.44. The van der Waals surface area contributed by atoms with E-state index in [4.69, 9.17) is 15.7 Å². The summed E-state index contributed by atoms with van der Waals surface area (Å²) < 4.78 is 5.37. The highest BCUT2D eigenvalue weighted by Crippen LogP contribution is 2.43. The van der Waals surface area contributed by atoms with Crippen molar-refractivity contribution in [2.75, 3.05) is 13.2 Å². The van der Waals surface area contributed by atoms with E-state index in [2.05, 4.69) is 17.4 Å². The highest BCUT2D eigenvalue weighted by atomic mass is 16.5. The minimum atomic E-state index is -0.126. The number of rotatable bonds is 6. The van der Waals surface area contributed by atoms with Gasteiger partial charge in [0.05, 0.1) is 0 Å². The Morgan fingerprint density at radius 2 is 2.10 bits per heavy atom. The molecule has 108 valence electrons. The van der Waals surface area contributed by atoms with Gasteiger partial charge in [0.15, 0.2) is 12.4 Å². The zero-order valence-corrected chi connectivity index (χ0v) is 11.4. The zero-order valence-electron chi connectivity index (χ0n) is 11.4. The van der Waals surface area contributed by atoms with Crippen LogP contribution >= 0.6 is 0 Å². The van der Waals surface area contributed by atoms with Gasteiger partial charge in [-0.2, -0.15) is 0 Å². The van der Waals surface area contributed by atoms with Crippen LogP contribution in [0.1, 0.15) is 25.3 Å². The summed E-state index contributed by atoms with van der Waals surface area (Å²) in [4.78, 5) is 11.6. The van der Waals surface area contributed by atoms with Gasteiger partial charge in [0, 0.05) is 12.1 Å². The van der Waals surface area contributed by atoms with Gasteiger partial charge in [-0.05, 0) is 42.5 Å². The normalized spacial score (nSPS) is 16.6. The number of benzene rings is 1. The molecule has 1 fully saturated rings. The Bertz CT molecular complexity index is 507. The predicted octanol–water partition coefficient (Wildman–Crippen LogP) is 1.08. The fourth-order valence-corrected chi connectivity index (χ4v) is 1.68. The molecule has 0 saturated heterocycles. The van der Waals surface area contributed by atoms with E-state index in [1.54, 1.807) is 24.3 Å². The third kappa shape index (κ3) is 3.88. The topological polar surface area (TPSA) is 96.9 Å². The largest absolute Gasteiger partial charge is 0.484 e. The number of carbonyl (C=O) groups excluding carboxylic acids is 1. The second-order valence-corrected chi connectivity index (χ2v) is 5.39. The summed E-state index contributed by atoms with van der Waals surface area (Å²) >= 11 is 0. The van der Waals surface area contributed by atoms with Crippen LogP contribution in [0.5, 0.6) is 5.75 Å². The van der Waals surface area contributed by atoms with Crippen LogP contribution in [-0.2, 0) is 4.79 Å². The van der Waals surface area contributed by atoms with Crippen molar-refractivity contribution < 1.29 is 14.7 Å². The Kier molecular flexibility index (Phi) is 4.12. The van der Waals surface area contributed by atoms with Gasteiger partial charge in [0.25, 0.3) is 5.91 Å². The fraction of sp³-hybridized carbons (Fsp3) is 0.429. The second-order valence-electron chi connectivity index (χ2n) is 5.39. The molecule has 0 heterocycles. The summed E-state index contributed by atoms with van der Waals surface area (Å²) in [6, 6.07) is 6.66. The van der Waals surface area contributed by atoms with E-state index in [1.165, 1.54) is 12.8 Å². The van der Waals surface area contributed by atoms with Crippen LogP contribution in [0.4, 0.5) is 0 Å². The Morgan fingerprint density at radius 1 is 1.45 bits per heavy atom. The maximum Gasteiger partial charge on any atom is 0.257 e. The van der Waals surface area contributed by atoms with Gasteiger partial charge in [-0.3, -0.25) is 4.79 Å². The summed E-state index contributed by atoms with van der Waals surface area (Å²) in [7, 11) is 0. The lowest BCUT2D eigenvalue weighted by Crippen LogP contribution is -2.33. The van der Waals surface area contributed by atoms with E-state index < -0.39 is 0 Å². The molecule has 1 aromatic carbocycles. The lowest BCUT2D eigenvalue weighted by atomic mass is 10.1. The Balaban J connectivity index is 1.77. The minimum absolute atomic E-state index is 0.0149. The van der Waals surface area contributed by atoms with Gasteiger partial charge < -0.3 is 21.0 Å². The van der Waals surface area contributed by atoms with Crippen molar-refractivity contribution >= 4 is 11.7 Å². The zero-order chi connectivity index (χ0) is 14.6. The number of carbonyl (C=O) groups is 1. The molecule has 0 atom stereocenters. The summed E-state index contributed by atoms with van der Waals surface area (Å²) in [6.45, 7) is 2.84. The summed E-state index contributed by atoms with van der Waals surface area (Å²) in [5.74, 6) is 0.470. The van der Waals surface area contributed by atoms with E-state index in [-0.39, 0.29) is 18.3 Å². The SMILES string of the molecule is CC1(CNC(=O)COc2ccc(/C(N)=N/O)cc2)CC1. The number of nitrogens with zero attached hydrogens (tertiary/aromatic N) is 1. The first-order chi connectivity index (χ1) is 9.52. The van der Waals surface area contributed by atoms with Gasteiger partial charge in [-0.15, -0.1) is 0 Å². The van der Waals surface area contributed by atoms with Gasteiger partial charge in [-0.1, -0.05) is 12.1 Å². The molecule has 1 aromatic rings. The van der Waals surface area contributed by atoms with Crippen molar-refractivity contribution in [1.82, 2.24) is 5.32 Å². The Hall–Kier alpha value is -2.24. The first-order valence-corrected chi connectivity index (χ1v) is 6.50. The minimum Gasteiger partial charge on any atom is -0.484 e. The number of nitrogens with one attached hydrogen (secondary N) is 1. The maximum atomic E-state index is 11.6. The molecule has 0 bridgehead atoms. The molecular weight excluding hydrogens is 258 g/mol.